The van der Waals surface area contributed by atoms with E-state index in [1.54, 1.807) is 30.6 Å². The van der Waals surface area contributed by atoms with Crippen LogP contribution in [-0.2, 0) is 22.6 Å². The average molecular weight is 368 g/mol. The van der Waals surface area contributed by atoms with Crippen LogP contribution in [0.3, 0.4) is 0 Å². The predicted octanol–water partition coefficient (Wildman–Crippen LogP) is 1.29. The average Bonchev–Trinajstić information content (AvgIpc) is 3.08. The number of carbonyl (C=O) groups excluding carboxylic acids is 2. The second kappa shape index (κ2) is 8.26. The Morgan fingerprint density at radius 1 is 1.19 bits per heavy atom. The molecular formula is C18H20N6O3. The molecule has 0 aliphatic rings. The zero-order chi connectivity index (χ0) is 19.2. The molecule has 27 heavy (non-hydrogen) atoms. The maximum absolute atomic E-state index is 12.1. The van der Waals surface area contributed by atoms with Crippen molar-refractivity contribution in [1.82, 2.24) is 24.8 Å². The van der Waals surface area contributed by atoms with Crippen LogP contribution in [0.1, 0.15) is 29.3 Å². The van der Waals surface area contributed by atoms with Crippen LogP contribution < -0.4 is 11.1 Å². The van der Waals surface area contributed by atoms with Crippen LogP contribution in [0, 0.1) is 0 Å². The molecule has 0 saturated carbocycles. The number of aromatic nitrogens is 4. The van der Waals surface area contributed by atoms with Crippen molar-refractivity contribution in [2.24, 2.45) is 0 Å². The lowest BCUT2D eigenvalue weighted by molar-refractivity contribution is -0.119. The van der Waals surface area contributed by atoms with Crippen LogP contribution in [0.5, 0.6) is 0 Å². The number of fused-ring (bicyclic) bond motifs is 1. The molecule has 1 amide bonds. The van der Waals surface area contributed by atoms with Crippen molar-refractivity contribution in [3.8, 4) is 0 Å². The Bertz CT molecular complexity index is 951. The number of nitrogens with two attached hydrogens (primary N) is 1. The number of esters is 1. The van der Waals surface area contributed by atoms with Gasteiger partial charge in [-0.1, -0.05) is 12.1 Å². The third kappa shape index (κ3) is 4.57. The van der Waals surface area contributed by atoms with E-state index in [0.29, 0.717) is 42.1 Å². The summed E-state index contributed by atoms with van der Waals surface area (Å²) in [6.45, 7) is 2.75. The zero-order valence-corrected chi connectivity index (χ0v) is 14.9. The Balaban J connectivity index is 1.48. The first-order valence-electron chi connectivity index (χ1n) is 8.46. The summed E-state index contributed by atoms with van der Waals surface area (Å²) in [7, 11) is 0. The summed E-state index contributed by atoms with van der Waals surface area (Å²) in [5.41, 5.74) is 8.36. The number of benzene rings is 1. The highest BCUT2D eigenvalue weighted by atomic mass is 16.5. The van der Waals surface area contributed by atoms with E-state index in [1.807, 2.05) is 4.57 Å². The molecule has 0 unspecified atom stereocenters. The minimum Gasteiger partial charge on any atom is -0.462 e. The van der Waals surface area contributed by atoms with Crippen molar-refractivity contribution in [2.45, 2.75) is 26.4 Å². The summed E-state index contributed by atoms with van der Waals surface area (Å²) in [6.07, 6.45) is 3.65. The maximum atomic E-state index is 12.1. The van der Waals surface area contributed by atoms with Crippen LogP contribution in [-0.4, -0.2) is 38.0 Å². The summed E-state index contributed by atoms with van der Waals surface area (Å²) < 4.78 is 7.15. The second-order valence-electron chi connectivity index (χ2n) is 5.97. The van der Waals surface area contributed by atoms with Gasteiger partial charge in [-0.25, -0.2) is 19.7 Å². The summed E-state index contributed by atoms with van der Waals surface area (Å²) in [4.78, 5) is 35.3. The van der Waals surface area contributed by atoms with Crippen LogP contribution in [0.2, 0.25) is 0 Å². The maximum Gasteiger partial charge on any atom is 0.338 e. The molecule has 0 atom stereocenters. The SMILES string of the molecule is CC(=O)NCc1ccc(C(=O)OCCCn2cnc3c(N)ncnc32)cc1. The molecular weight excluding hydrogens is 348 g/mol. The van der Waals surface area contributed by atoms with E-state index < -0.39 is 0 Å². The number of hydrogen-bond donors (Lipinski definition) is 2. The van der Waals surface area contributed by atoms with Gasteiger partial charge in [0, 0.05) is 20.0 Å². The third-order valence-electron chi connectivity index (χ3n) is 3.94. The van der Waals surface area contributed by atoms with Crippen molar-refractivity contribution in [3.05, 3.63) is 48.0 Å². The van der Waals surface area contributed by atoms with Crippen molar-refractivity contribution in [1.29, 1.82) is 0 Å². The van der Waals surface area contributed by atoms with E-state index in [1.165, 1.54) is 13.3 Å². The van der Waals surface area contributed by atoms with Crippen LogP contribution in [0.4, 0.5) is 5.82 Å². The standard InChI is InChI=1S/C18H20N6O3/c1-12(25)20-9-13-3-5-14(6-4-13)18(26)27-8-2-7-24-11-23-15-16(19)21-10-22-17(15)24/h3-6,10-11H,2,7-9H2,1H3,(H,20,25)(H2,19,21,22). The molecule has 0 aliphatic carbocycles. The molecule has 140 valence electrons. The van der Waals surface area contributed by atoms with Crippen molar-refractivity contribution >= 4 is 28.9 Å². The van der Waals surface area contributed by atoms with Gasteiger partial charge in [-0.2, -0.15) is 0 Å². The zero-order valence-electron chi connectivity index (χ0n) is 14.9. The van der Waals surface area contributed by atoms with Gasteiger partial charge in [0.2, 0.25) is 5.91 Å². The van der Waals surface area contributed by atoms with Gasteiger partial charge in [0.1, 0.15) is 11.8 Å². The van der Waals surface area contributed by atoms with Crippen molar-refractivity contribution in [3.63, 3.8) is 0 Å². The Kier molecular flexibility index (Phi) is 5.60. The Morgan fingerprint density at radius 3 is 2.70 bits per heavy atom. The van der Waals surface area contributed by atoms with Gasteiger partial charge in [0.05, 0.1) is 18.5 Å². The van der Waals surface area contributed by atoms with Gasteiger partial charge in [-0.05, 0) is 24.1 Å². The highest BCUT2D eigenvalue weighted by Gasteiger charge is 2.09. The highest BCUT2D eigenvalue weighted by molar-refractivity contribution is 5.89. The Hall–Kier alpha value is -3.49. The minimum atomic E-state index is -0.386. The number of ether oxygens (including phenoxy) is 1. The topological polar surface area (TPSA) is 125 Å². The van der Waals surface area contributed by atoms with Crippen LogP contribution in [0.15, 0.2) is 36.9 Å². The van der Waals surface area contributed by atoms with Gasteiger partial charge in [0.15, 0.2) is 11.5 Å². The minimum absolute atomic E-state index is 0.0988. The molecule has 1 aromatic carbocycles. The van der Waals surface area contributed by atoms with E-state index in [-0.39, 0.29) is 18.5 Å². The van der Waals surface area contributed by atoms with Crippen LogP contribution in [0.25, 0.3) is 11.2 Å². The number of rotatable bonds is 7. The van der Waals surface area contributed by atoms with Crippen molar-refractivity contribution in [2.75, 3.05) is 12.3 Å². The molecule has 3 N–H and O–H groups in total. The predicted molar refractivity (Wildman–Crippen MR) is 98.6 cm³/mol. The van der Waals surface area contributed by atoms with Crippen LogP contribution >= 0.6 is 0 Å². The normalized spacial score (nSPS) is 10.7. The van der Waals surface area contributed by atoms with Gasteiger partial charge in [-0.15, -0.1) is 0 Å². The van der Waals surface area contributed by atoms with E-state index in [2.05, 4.69) is 20.3 Å². The Morgan fingerprint density at radius 2 is 1.96 bits per heavy atom. The number of nitrogens with one attached hydrogen (secondary N) is 1. The molecule has 0 saturated heterocycles. The van der Waals surface area contributed by atoms with Gasteiger partial charge >= 0.3 is 5.97 Å². The monoisotopic (exact) mass is 368 g/mol. The number of anilines is 1. The van der Waals surface area contributed by atoms with Gasteiger partial charge in [0.25, 0.3) is 0 Å². The van der Waals surface area contributed by atoms with Gasteiger partial charge < -0.3 is 20.4 Å². The summed E-state index contributed by atoms with van der Waals surface area (Å²) in [5, 5.41) is 2.70. The molecule has 3 rings (SSSR count). The van der Waals surface area contributed by atoms with E-state index in [4.69, 9.17) is 10.5 Å². The fourth-order valence-corrected chi connectivity index (χ4v) is 2.53. The lowest BCUT2D eigenvalue weighted by Gasteiger charge is -2.07. The number of hydrogen-bond acceptors (Lipinski definition) is 7. The number of carbonyl (C=O) groups is 2. The molecule has 3 aromatic rings. The molecule has 0 aliphatic heterocycles. The molecule has 0 bridgehead atoms. The molecule has 2 aromatic heterocycles. The first-order chi connectivity index (χ1) is 13.0. The lowest BCUT2D eigenvalue weighted by Crippen LogP contribution is -2.18. The number of imidazole rings is 1. The first-order valence-corrected chi connectivity index (χ1v) is 8.46. The third-order valence-corrected chi connectivity index (χ3v) is 3.94. The summed E-state index contributed by atoms with van der Waals surface area (Å²) in [5.74, 6) is -0.145. The lowest BCUT2D eigenvalue weighted by atomic mass is 10.1. The molecule has 2 heterocycles. The van der Waals surface area contributed by atoms with E-state index >= 15 is 0 Å². The van der Waals surface area contributed by atoms with Crippen molar-refractivity contribution < 1.29 is 14.3 Å². The summed E-state index contributed by atoms with van der Waals surface area (Å²) in [6, 6.07) is 6.94. The number of nitrogen functional groups attached to an aromatic ring is 1. The number of amides is 1. The van der Waals surface area contributed by atoms with Gasteiger partial charge in [-0.3, -0.25) is 4.79 Å². The number of aryl methyl sites for hydroxylation is 1. The van der Waals surface area contributed by atoms with E-state index in [9.17, 15) is 9.59 Å². The van der Waals surface area contributed by atoms with E-state index in [0.717, 1.165) is 5.56 Å². The molecule has 9 heteroatoms. The largest absolute Gasteiger partial charge is 0.462 e. The smallest absolute Gasteiger partial charge is 0.338 e. The fraction of sp³-hybridized carbons (Fsp3) is 0.278. The summed E-state index contributed by atoms with van der Waals surface area (Å²) >= 11 is 0. The highest BCUT2D eigenvalue weighted by Crippen LogP contribution is 2.14. The second-order valence-corrected chi connectivity index (χ2v) is 5.97. The Labute approximate surface area is 155 Å². The molecule has 0 spiro atoms. The number of nitrogens with zero attached hydrogens (tertiary/aromatic N) is 4. The molecule has 0 radical (unpaired) electrons. The molecule has 0 fully saturated rings. The first kappa shape index (κ1) is 18.3. The quantitative estimate of drug-likeness (QED) is 0.475. The molecule has 9 nitrogen and oxygen atoms in total. The fourth-order valence-electron chi connectivity index (χ4n) is 2.53.